The first-order valence-electron chi connectivity index (χ1n) is 7.90. The summed E-state index contributed by atoms with van der Waals surface area (Å²) in [6.45, 7) is 3.74. The van der Waals surface area contributed by atoms with Crippen molar-refractivity contribution in [2.75, 3.05) is 5.32 Å². The first-order valence-corrected chi connectivity index (χ1v) is 8.69. The molecular weight excluding hydrogens is 402 g/mol. The maximum Gasteiger partial charge on any atom is 0.332 e. The molecule has 0 radical (unpaired) electrons. The van der Waals surface area contributed by atoms with Gasteiger partial charge in [-0.3, -0.25) is 23.3 Å². The van der Waals surface area contributed by atoms with E-state index >= 15 is 0 Å². The van der Waals surface area contributed by atoms with Crippen molar-refractivity contribution < 1.29 is 4.79 Å². The fraction of sp³-hybridized carbons (Fsp3) is 0.294. The van der Waals surface area contributed by atoms with Gasteiger partial charge in [-0.2, -0.15) is 0 Å². The second-order valence-electron chi connectivity index (χ2n) is 6.16. The van der Waals surface area contributed by atoms with Crippen LogP contribution in [0.5, 0.6) is 0 Å². The summed E-state index contributed by atoms with van der Waals surface area (Å²) in [5, 5.41) is 2.89. The molecule has 2 heterocycles. The normalized spacial score (nSPS) is 11.1. The van der Waals surface area contributed by atoms with Crippen LogP contribution in [0.3, 0.4) is 0 Å². The lowest BCUT2D eigenvalue weighted by Gasteiger charge is -2.13. The molecule has 3 aromatic rings. The van der Waals surface area contributed by atoms with Crippen LogP contribution in [0.25, 0.3) is 11.2 Å². The number of aromatic nitrogens is 4. The summed E-state index contributed by atoms with van der Waals surface area (Å²) >= 11 is 3.28. The summed E-state index contributed by atoms with van der Waals surface area (Å²) in [4.78, 5) is 41.2. The molecule has 1 aromatic carbocycles. The van der Waals surface area contributed by atoms with Crippen molar-refractivity contribution in [3.05, 3.63) is 54.9 Å². The standard InChI is InChI=1S/C17H18BrN5O3/c1-9-6-5-7-10(2)12(9)19-11(24)8-23-14-13(20-16(23)18)15(25)22(4)17(26)21(14)3/h5-7H,8H2,1-4H3,(H,19,24). The van der Waals surface area contributed by atoms with E-state index in [0.717, 1.165) is 21.4 Å². The maximum atomic E-state index is 12.6. The van der Waals surface area contributed by atoms with Gasteiger partial charge in [0, 0.05) is 19.8 Å². The fourth-order valence-electron chi connectivity index (χ4n) is 2.94. The minimum Gasteiger partial charge on any atom is -0.324 e. The maximum absolute atomic E-state index is 12.6. The molecule has 0 aliphatic heterocycles. The second-order valence-corrected chi connectivity index (χ2v) is 6.87. The third-order valence-electron chi connectivity index (χ3n) is 4.34. The number of halogens is 1. The molecule has 2 aromatic heterocycles. The van der Waals surface area contributed by atoms with E-state index in [0.29, 0.717) is 10.4 Å². The van der Waals surface area contributed by atoms with Crippen molar-refractivity contribution in [2.24, 2.45) is 14.1 Å². The van der Waals surface area contributed by atoms with Gasteiger partial charge in [-0.25, -0.2) is 9.78 Å². The predicted molar refractivity (Wildman–Crippen MR) is 102 cm³/mol. The van der Waals surface area contributed by atoms with Gasteiger partial charge in [0.05, 0.1) is 0 Å². The Kier molecular flexibility index (Phi) is 4.57. The van der Waals surface area contributed by atoms with Crippen LogP contribution in [-0.4, -0.2) is 24.6 Å². The number of hydrogen-bond donors (Lipinski definition) is 1. The van der Waals surface area contributed by atoms with Gasteiger partial charge >= 0.3 is 5.69 Å². The summed E-state index contributed by atoms with van der Waals surface area (Å²) in [6.07, 6.45) is 0. The Balaban J connectivity index is 2.04. The number of carbonyl (C=O) groups is 1. The van der Waals surface area contributed by atoms with Crippen molar-refractivity contribution in [3.63, 3.8) is 0 Å². The topological polar surface area (TPSA) is 90.9 Å². The summed E-state index contributed by atoms with van der Waals surface area (Å²) in [6, 6.07) is 5.75. The van der Waals surface area contributed by atoms with Gasteiger partial charge in [0.2, 0.25) is 5.91 Å². The van der Waals surface area contributed by atoms with Crippen LogP contribution in [0.15, 0.2) is 32.5 Å². The lowest BCUT2D eigenvalue weighted by atomic mass is 10.1. The highest BCUT2D eigenvalue weighted by atomic mass is 79.9. The lowest BCUT2D eigenvalue weighted by molar-refractivity contribution is -0.116. The van der Waals surface area contributed by atoms with Crippen LogP contribution in [0.2, 0.25) is 0 Å². The molecule has 0 spiro atoms. The van der Waals surface area contributed by atoms with E-state index in [1.165, 1.54) is 23.2 Å². The Labute approximate surface area is 157 Å². The minimum absolute atomic E-state index is 0.0920. The van der Waals surface area contributed by atoms with Gasteiger partial charge in [0.15, 0.2) is 15.9 Å². The number of benzene rings is 1. The Bertz CT molecular complexity index is 1140. The molecule has 26 heavy (non-hydrogen) atoms. The predicted octanol–water partition coefficient (Wildman–Crippen LogP) is 1.45. The SMILES string of the molecule is Cc1cccc(C)c1NC(=O)Cn1c(Br)nc2c(=O)n(C)c(=O)n(C)c21. The number of amides is 1. The number of nitrogens with zero attached hydrogens (tertiary/aromatic N) is 4. The molecule has 0 saturated carbocycles. The Morgan fingerprint density at radius 1 is 1.15 bits per heavy atom. The van der Waals surface area contributed by atoms with E-state index in [1.807, 2.05) is 32.0 Å². The molecule has 1 amide bonds. The molecule has 0 aliphatic rings. The van der Waals surface area contributed by atoms with E-state index < -0.39 is 11.2 Å². The molecule has 0 fully saturated rings. The van der Waals surface area contributed by atoms with E-state index in [1.54, 1.807) is 0 Å². The largest absolute Gasteiger partial charge is 0.332 e. The van der Waals surface area contributed by atoms with Crippen molar-refractivity contribution in [1.82, 2.24) is 18.7 Å². The average Bonchev–Trinajstić information content (AvgIpc) is 2.91. The van der Waals surface area contributed by atoms with Crippen LogP contribution >= 0.6 is 15.9 Å². The summed E-state index contributed by atoms with van der Waals surface area (Å²) in [5.41, 5.74) is 2.10. The monoisotopic (exact) mass is 419 g/mol. The quantitative estimate of drug-likeness (QED) is 0.650. The number of carbonyl (C=O) groups excluding carboxylic acids is 1. The highest BCUT2D eigenvalue weighted by Gasteiger charge is 2.19. The van der Waals surface area contributed by atoms with E-state index in [-0.39, 0.29) is 18.0 Å². The molecule has 0 aliphatic carbocycles. The number of fused-ring (bicyclic) bond motifs is 1. The van der Waals surface area contributed by atoms with E-state index in [9.17, 15) is 14.4 Å². The first-order chi connectivity index (χ1) is 12.2. The average molecular weight is 420 g/mol. The lowest BCUT2D eigenvalue weighted by Crippen LogP contribution is -2.37. The van der Waals surface area contributed by atoms with Gasteiger partial charge in [-0.1, -0.05) is 18.2 Å². The van der Waals surface area contributed by atoms with Crippen molar-refractivity contribution in [1.29, 1.82) is 0 Å². The van der Waals surface area contributed by atoms with Crippen LogP contribution < -0.4 is 16.6 Å². The third-order valence-corrected chi connectivity index (χ3v) is 4.95. The first kappa shape index (κ1) is 18.1. The highest BCUT2D eigenvalue weighted by Crippen LogP contribution is 2.20. The molecule has 1 N–H and O–H groups in total. The van der Waals surface area contributed by atoms with Gasteiger partial charge in [0.25, 0.3) is 5.56 Å². The molecule has 0 saturated heterocycles. The number of imidazole rings is 1. The number of hydrogen-bond acceptors (Lipinski definition) is 4. The molecule has 0 unspecified atom stereocenters. The smallest absolute Gasteiger partial charge is 0.324 e. The zero-order chi connectivity index (χ0) is 19.2. The summed E-state index contributed by atoms with van der Waals surface area (Å²) in [7, 11) is 2.93. The minimum atomic E-state index is -0.502. The van der Waals surface area contributed by atoms with Gasteiger partial charge in [-0.15, -0.1) is 0 Å². The summed E-state index contributed by atoms with van der Waals surface area (Å²) < 4.78 is 4.10. The van der Waals surface area contributed by atoms with Gasteiger partial charge in [0.1, 0.15) is 6.54 Å². The molecule has 3 rings (SSSR count). The zero-order valence-electron chi connectivity index (χ0n) is 14.8. The number of aryl methyl sites for hydroxylation is 3. The Morgan fingerprint density at radius 2 is 1.77 bits per heavy atom. The number of para-hydroxylation sites is 1. The van der Waals surface area contributed by atoms with Crippen LogP contribution in [0.4, 0.5) is 5.69 Å². The van der Waals surface area contributed by atoms with E-state index in [2.05, 4.69) is 26.2 Å². The van der Waals surface area contributed by atoms with Crippen LogP contribution in [-0.2, 0) is 25.4 Å². The van der Waals surface area contributed by atoms with Crippen molar-refractivity contribution in [2.45, 2.75) is 20.4 Å². The van der Waals surface area contributed by atoms with Crippen molar-refractivity contribution in [3.8, 4) is 0 Å². The molecule has 0 bridgehead atoms. The molecule has 0 atom stereocenters. The van der Waals surface area contributed by atoms with Crippen LogP contribution in [0.1, 0.15) is 11.1 Å². The molecule has 8 nitrogen and oxygen atoms in total. The molecular formula is C17H18BrN5O3. The van der Waals surface area contributed by atoms with Gasteiger partial charge in [-0.05, 0) is 40.9 Å². The van der Waals surface area contributed by atoms with Gasteiger partial charge < -0.3 is 5.32 Å². The molecule has 136 valence electrons. The molecule has 9 heteroatoms. The summed E-state index contributed by atoms with van der Waals surface area (Å²) in [5.74, 6) is -0.282. The van der Waals surface area contributed by atoms with Crippen LogP contribution in [0, 0.1) is 13.8 Å². The number of rotatable bonds is 3. The van der Waals surface area contributed by atoms with Crippen molar-refractivity contribution >= 4 is 38.7 Å². The Morgan fingerprint density at radius 3 is 2.38 bits per heavy atom. The second kappa shape index (κ2) is 6.56. The zero-order valence-corrected chi connectivity index (χ0v) is 16.4. The third kappa shape index (κ3) is 2.88. The Hall–Kier alpha value is -2.68. The number of nitrogens with one attached hydrogen (secondary N) is 1. The fourth-order valence-corrected chi connectivity index (χ4v) is 3.41. The van der Waals surface area contributed by atoms with E-state index in [4.69, 9.17) is 0 Å². The number of anilines is 1. The highest BCUT2D eigenvalue weighted by molar-refractivity contribution is 9.10.